The van der Waals surface area contributed by atoms with Gasteiger partial charge >= 0.3 is 5.97 Å². The van der Waals surface area contributed by atoms with E-state index < -0.39 is 0 Å². The molecule has 0 saturated carbocycles. The van der Waals surface area contributed by atoms with Gasteiger partial charge in [0.2, 0.25) is 0 Å². The van der Waals surface area contributed by atoms with Crippen LogP contribution in [-0.4, -0.2) is 23.0 Å². The van der Waals surface area contributed by atoms with Crippen LogP contribution in [0.15, 0.2) is 0 Å². The number of carbonyl (C=O) groups is 1. The first-order valence-electron chi connectivity index (χ1n) is 3.16. The number of carbonyl (C=O) groups excluding carboxylic acids is 1. The molecule has 0 bridgehead atoms. The highest BCUT2D eigenvalue weighted by molar-refractivity contribution is 14.1. The van der Waals surface area contributed by atoms with Crippen LogP contribution in [0.1, 0.15) is 13.3 Å². The zero-order chi connectivity index (χ0) is 7.98. The van der Waals surface area contributed by atoms with Gasteiger partial charge in [0.1, 0.15) is 0 Å². The second-order valence-electron chi connectivity index (χ2n) is 1.98. The van der Waals surface area contributed by atoms with Gasteiger partial charge in [-0.05, 0) is 13.3 Å². The minimum atomic E-state index is -0.322. The van der Waals surface area contributed by atoms with Crippen molar-refractivity contribution >= 4 is 28.6 Å². The summed E-state index contributed by atoms with van der Waals surface area (Å²) in [5.41, 5.74) is 5.04. The number of hydrogen-bond donors (Lipinski definition) is 1. The van der Waals surface area contributed by atoms with Crippen molar-refractivity contribution in [3.8, 4) is 0 Å². The van der Waals surface area contributed by atoms with Crippen molar-refractivity contribution in [2.45, 2.75) is 19.4 Å². The molecule has 0 aromatic heterocycles. The quantitative estimate of drug-likeness (QED) is 0.458. The molecule has 0 aromatic carbocycles. The zero-order valence-corrected chi connectivity index (χ0v) is 8.13. The van der Waals surface area contributed by atoms with Crippen LogP contribution in [0, 0.1) is 0 Å². The lowest BCUT2D eigenvalue weighted by molar-refractivity contribution is -0.146. The summed E-state index contributed by atoms with van der Waals surface area (Å²) in [5, 5.41) is 0. The van der Waals surface area contributed by atoms with Gasteiger partial charge in [-0.1, -0.05) is 22.6 Å². The summed E-state index contributed by atoms with van der Waals surface area (Å²) in [5.74, 6) is -0.322. The number of alkyl halides is 1. The Morgan fingerprint density at radius 2 is 2.40 bits per heavy atom. The summed E-state index contributed by atoms with van der Waals surface area (Å²) in [4.78, 5) is 10.5. The molecule has 0 aliphatic carbocycles. The van der Waals surface area contributed by atoms with Crippen LogP contribution in [0.2, 0.25) is 0 Å². The van der Waals surface area contributed by atoms with E-state index in [1.54, 1.807) is 0 Å². The van der Waals surface area contributed by atoms with Crippen LogP contribution in [0.25, 0.3) is 0 Å². The van der Waals surface area contributed by atoms with E-state index in [1.807, 2.05) is 6.92 Å². The Bertz CT molecular complexity index is 108. The molecule has 0 heterocycles. The van der Waals surface area contributed by atoms with E-state index in [2.05, 4.69) is 22.6 Å². The molecule has 1 unspecified atom stereocenters. The van der Waals surface area contributed by atoms with Gasteiger partial charge in [-0.25, -0.2) is 0 Å². The molecule has 0 spiro atoms. The molecule has 2 N–H and O–H groups in total. The van der Waals surface area contributed by atoms with E-state index in [0.29, 0.717) is 0 Å². The molecule has 10 heavy (non-hydrogen) atoms. The molecule has 0 radical (unpaired) electrons. The number of halogens is 1. The molecule has 0 rings (SSSR count). The summed E-state index contributed by atoms with van der Waals surface area (Å²) < 4.78 is 5.87. The maximum Gasteiger partial charge on any atom is 0.319 e. The molecule has 0 aromatic rings. The largest absolute Gasteiger partial charge is 0.462 e. The molecule has 0 fully saturated rings. The highest BCUT2D eigenvalue weighted by atomic mass is 127. The highest BCUT2D eigenvalue weighted by Crippen LogP contribution is 2.00. The second kappa shape index (κ2) is 5.91. The predicted octanol–water partition coefficient (Wildman–Crippen LogP) is 0.702. The third-order valence-corrected chi connectivity index (χ3v) is 1.64. The Morgan fingerprint density at radius 1 is 1.80 bits per heavy atom. The average Bonchev–Trinajstić information content (AvgIpc) is 1.88. The molecular formula is C6H12INO2. The van der Waals surface area contributed by atoms with Crippen LogP contribution in [0.3, 0.4) is 0 Å². The Balaban J connectivity index is 3.37. The van der Waals surface area contributed by atoms with Gasteiger partial charge in [0.25, 0.3) is 0 Å². The van der Waals surface area contributed by atoms with Crippen LogP contribution >= 0.6 is 22.6 Å². The number of rotatable bonds is 4. The third kappa shape index (κ3) is 4.99. The summed E-state index contributed by atoms with van der Waals surface area (Å²) in [6.07, 6.45) is 0.902. The minimum absolute atomic E-state index is 0.00736. The van der Waals surface area contributed by atoms with Crippen LogP contribution in [-0.2, 0) is 9.53 Å². The molecule has 1 atom stereocenters. The zero-order valence-electron chi connectivity index (χ0n) is 5.97. The molecule has 60 valence electrons. The van der Waals surface area contributed by atoms with Crippen LogP contribution < -0.4 is 5.73 Å². The smallest absolute Gasteiger partial charge is 0.319 e. The number of hydrogen-bond acceptors (Lipinski definition) is 3. The lowest BCUT2D eigenvalue weighted by atomic mass is 10.3. The predicted molar refractivity (Wildman–Crippen MR) is 48.1 cm³/mol. The van der Waals surface area contributed by atoms with Gasteiger partial charge in [-0.2, -0.15) is 0 Å². The van der Waals surface area contributed by atoms with Gasteiger partial charge < -0.3 is 10.5 Å². The normalized spacial score (nSPS) is 12.7. The van der Waals surface area contributed by atoms with Crippen molar-refractivity contribution in [2.75, 3.05) is 11.0 Å². The molecule has 0 aliphatic rings. The molecular weight excluding hydrogens is 245 g/mol. The molecule has 0 saturated heterocycles. The van der Waals surface area contributed by atoms with E-state index in [9.17, 15) is 4.79 Å². The van der Waals surface area contributed by atoms with Crippen molar-refractivity contribution in [1.29, 1.82) is 0 Å². The lowest BCUT2D eigenvalue weighted by Crippen LogP contribution is -2.22. The minimum Gasteiger partial charge on any atom is -0.462 e. The topological polar surface area (TPSA) is 52.3 Å². The Labute approximate surface area is 74.4 Å². The van der Waals surface area contributed by atoms with Crippen molar-refractivity contribution in [2.24, 2.45) is 5.73 Å². The van der Waals surface area contributed by atoms with Gasteiger partial charge in [-0.15, -0.1) is 0 Å². The van der Waals surface area contributed by atoms with Crippen molar-refractivity contribution in [1.82, 2.24) is 0 Å². The molecule has 0 aliphatic heterocycles. The fourth-order valence-corrected chi connectivity index (χ4v) is 1.36. The van der Waals surface area contributed by atoms with Crippen molar-refractivity contribution in [3.05, 3.63) is 0 Å². The summed E-state index contributed by atoms with van der Waals surface area (Å²) >= 11 is 2.24. The van der Waals surface area contributed by atoms with Gasteiger partial charge in [0, 0.05) is 4.43 Å². The van der Waals surface area contributed by atoms with Gasteiger partial charge in [-0.3, -0.25) is 4.79 Å². The first-order valence-corrected chi connectivity index (χ1v) is 4.68. The standard InChI is InChI=1S/C6H12INO2/c1-5(2-3-7)10-6(9)4-8/h5H,2-4,8H2,1H3. The number of ether oxygens (including phenoxy) is 1. The van der Waals surface area contributed by atoms with Gasteiger partial charge in [0.05, 0.1) is 12.6 Å². The van der Waals surface area contributed by atoms with Crippen LogP contribution in [0.5, 0.6) is 0 Å². The number of esters is 1. The summed E-state index contributed by atoms with van der Waals surface area (Å²) in [6, 6.07) is 0. The number of nitrogens with two attached hydrogens (primary N) is 1. The third-order valence-electron chi connectivity index (χ3n) is 1.01. The fraction of sp³-hybridized carbons (Fsp3) is 0.833. The van der Waals surface area contributed by atoms with E-state index in [1.165, 1.54) is 0 Å². The SMILES string of the molecule is CC(CCI)OC(=O)CN. The highest BCUT2D eigenvalue weighted by Gasteiger charge is 2.05. The first-order chi connectivity index (χ1) is 4.70. The fourth-order valence-electron chi connectivity index (χ4n) is 0.485. The molecule has 0 amide bonds. The first kappa shape index (κ1) is 10.2. The van der Waals surface area contributed by atoms with Crippen molar-refractivity contribution < 1.29 is 9.53 Å². The Kier molecular flexibility index (Phi) is 6.00. The van der Waals surface area contributed by atoms with E-state index in [4.69, 9.17) is 10.5 Å². The lowest BCUT2D eigenvalue weighted by Gasteiger charge is -2.09. The summed E-state index contributed by atoms with van der Waals surface area (Å²) in [7, 11) is 0. The average molecular weight is 257 g/mol. The van der Waals surface area contributed by atoms with E-state index in [0.717, 1.165) is 10.8 Å². The monoisotopic (exact) mass is 257 g/mol. The Hall–Kier alpha value is 0.160. The molecule has 4 heteroatoms. The maximum atomic E-state index is 10.5. The maximum absolute atomic E-state index is 10.5. The summed E-state index contributed by atoms with van der Waals surface area (Å²) in [6.45, 7) is 1.85. The van der Waals surface area contributed by atoms with E-state index >= 15 is 0 Å². The van der Waals surface area contributed by atoms with E-state index in [-0.39, 0.29) is 18.6 Å². The van der Waals surface area contributed by atoms with Crippen LogP contribution in [0.4, 0.5) is 0 Å². The van der Waals surface area contributed by atoms with Gasteiger partial charge in [0.15, 0.2) is 0 Å². The Morgan fingerprint density at radius 3 is 2.80 bits per heavy atom. The van der Waals surface area contributed by atoms with Crippen molar-refractivity contribution in [3.63, 3.8) is 0 Å². The second-order valence-corrected chi connectivity index (χ2v) is 3.06. The molecule has 3 nitrogen and oxygen atoms in total.